The van der Waals surface area contributed by atoms with Gasteiger partial charge in [0, 0.05) is 63.7 Å². The van der Waals surface area contributed by atoms with E-state index in [1.165, 1.54) is 33.7 Å². The Kier molecular flexibility index (Phi) is 19.3. The highest BCUT2D eigenvalue weighted by atomic mass is 28.3. The summed E-state index contributed by atoms with van der Waals surface area (Å²) in [5, 5.41) is 43.2. The van der Waals surface area contributed by atoms with Gasteiger partial charge in [-0.05, 0) is 139 Å². The Bertz CT molecular complexity index is 3680. The van der Waals surface area contributed by atoms with E-state index in [0.29, 0.717) is 79.3 Å². The lowest BCUT2D eigenvalue weighted by Crippen LogP contribution is -2.27. The van der Waals surface area contributed by atoms with Crippen LogP contribution in [-0.2, 0) is 32.4 Å². The summed E-state index contributed by atoms with van der Waals surface area (Å²) in [4.78, 5) is 35.3. The first-order chi connectivity index (χ1) is 39.2. The molecular formula is C60H72F4N8O10Si2. The quantitative estimate of drug-likeness (QED) is 0.0463. The van der Waals surface area contributed by atoms with Crippen LogP contribution in [0.15, 0.2) is 73.1 Å². The first kappa shape index (κ1) is 64.0. The predicted octanol–water partition coefficient (Wildman–Crippen LogP) is 13.9. The summed E-state index contributed by atoms with van der Waals surface area (Å²) < 4.78 is 93.1. The van der Waals surface area contributed by atoms with Crippen LogP contribution < -0.4 is 9.47 Å². The second-order valence-corrected chi connectivity index (χ2v) is 36.0. The zero-order chi connectivity index (χ0) is 62.0. The molecule has 4 heterocycles. The third-order valence-corrected chi connectivity index (χ3v) is 16.6. The molecule has 8 aromatic rings. The van der Waals surface area contributed by atoms with E-state index in [4.69, 9.17) is 28.4 Å². The van der Waals surface area contributed by atoms with Crippen molar-refractivity contribution in [1.29, 1.82) is 10.5 Å². The number of halogens is 4. The number of alkyl halides is 4. The smallest absolute Gasteiger partial charge is 0.419 e. The predicted molar refractivity (Wildman–Crippen MR) is 315 cm³/mol. The molecule has 2 unspecified atom stereocenters. The standard InChI is InChI=1S/2C30H36F2N4O5Si/c1-18-14-23(40-28(31)32)24(20-10-11-35(25(18)20)29(38)41-30(2,3)4)26(37)27-34-21-15-19(16-33)8-9-22(21)36(27)17-39-12-13-42(5,6)7;1-18-14-23(40-28(31)32)24(20-10-11-35(25(18)20)29(38)41-30(2,3)4)26(37)27-34-21-9-8-19(16-33)15-22(21)36(27)17-39-12-13-42(5,6)7/h2*8-11,14-15,26,28,37H,12-13,17H2,1-7H3. The van der Waals surface area contributed by atoms with Gasteiger partial charge in [-0.2, -0.15) is 28.1 Å². The SMILES string of the molecule is Cc1cc(OC(F)F)c(C(O)c2nc3cc(C#N)ccc3n2COCC[Si](C)(C)C)c2ccn(C(=O)OC(C)(C)C)c12.Cc1cc(OC(F)F)c(C(O)c2nc3ccc(C#N)cc3n2COCC[Si](C)(C)C)c2ccn(C(=O)OC(C)(C)C)c12. The summed E-state index contributed by atoms with van der Waals surface area (Å²) in [6.07, 6.45) is -1.50. The molecule has 2 atom stereocenters. The van der Waals surface area contributed by atoms with E-state index in [9.17, 15) is 47.9 Å². The van der Waals surface area contributed by atoms with Crippen molar-refractivity contribution in [3.8, 4) is 23.6 Å². The highest BCUT2D eigenvalue weighted by Crippen LogP contribution is 2.42. The van der Waals surface area contributed by atoms with Crippen LogP contribution in [0.3, 0.4) is 0 Å². The topological polar surface area (TPSA) is 223 Å². The van der Waals surface area contributed by atoms with Crippen molar-refractivity contribution >= 4 is 72.2 Å². The van der Waals surface area contributed by atoms with E-state index in [1.54, 1.807) is 113 Å². The first-order valence-corrected chi connectivity index (χ1v) is 34.6. The number of aliphatic hydroxyl groups excluding tert-OH is 2. The molecule has 0 amide bonds. The average Bonchev–Trinajstić information content (AvgIpc) is 2.01. The molecule has 0 aliphatic heterocycles. The molecule has 0 aliphatic carbocycles. The molecule has 0 fully saturated rings. The van der Waals surface area contributed by atoms with E-state index in [-0.39, 0.29) is 47.7 Å². The van der Waals surface area contributed by atoms with Crippen LogP contribution in [-0.4, -0.2) is 104 Å². The summed E-state index contributed by atoms with van der Waals surface area (Å²) in [5.41, 5.74) is 2.99. The van der Waals surface area contributed by atoms with Gasteiger partial charge in [0.1, 0.15) is 60.0 Å². The Morgan fingerprint density at radius 1 is 0.595 bits per heavy atom. The molecule has 4 aromatic carbocycles. The van der Waals surface area contributed by atoms with Crippen LogP contribution in [0.25, 0.3) is 43.9 Å². The molecular weight excluding hydrogens is 1120 g/mol. The molecule has 0 saturated carbocycles. The molecule has 0 saturated heterocycles. The molecule has 18 nitrogen and oxygen atoms in total. The molecule has 0 aliphatic rings. The number of benzene rings is 4. The molecule has 448 valence electrons. The van der Waals surface area contributed by atoms with Crippen molar-refractivity contribution in [3.63, 3.8) is 0 Å². The van der Waals surface area contributed by atoms with Gasteiger partial charge in [0.25, 0.3) is 0 Å². The van der Waals surface area contributed by atoms with Crippen molar-refractivity contribution in [1.82, 2.24) is 28.2 Å². The van der Waals surface area contributed by atoms with Gasteiger partial charge >= 0.3 is 25.4 Å². The Hall–Kier alpha value is -7.59. The van der Waals surface area contributed by atoms with Crippen molar-refractivity contribution < 1.29 is 65.8 Å². The minimum atomic E-state index is -3.16. The van der Waals surface area contributed by atoms with Crippen LogP contribution in [0.4, 0.5) is 27.2 Å². The highest BCUT2D eigenvalue weighted by Gasteiger charge is 2.33. The minimum absolute atomic E-state index is 0.0115. The molecule has 84 heavy (non-hydrogen) atoms. The average molecular weight is 1200 g/mol. The van der Waals surface area contributed by atoms with Crippen LogP contribution >= 0.6 is 0 Å². The third kappa shape index (κ3) is 15.2. The monoisotopic (exact) mass is 1200 g/mol. The number of hydrogen-bond donors (Lipinski definition) is 2. The molecule has 4 aromatic heterocycles. The zero-order valence-electron chi connectivity index (χ0n) is 49.7. The molecule has 0 radical (unpaired) electrons. The van der Waals surface area contributed by atoms with Crippen molar-refractivity contribution in [3.05, 3.63) is 118 Å². The van der Waals surface area contributed by atoms with Gasteiger partial charge in [-0.15, -0.1) is 0 Å². The summed E-state index contributed by atoms with van der Waals surface area (Å²) in [6.45, 7) is 21.8. The maximum Gasteiger partial charge on any atom is 0.419 e. The lowest BCUT2D eigenvalue weighted by Gasteiger charge is -2.22. The van der Waals surface area contributed by atoms with Gasteiger partial charge in [-0.3, -0.25) is 9.13 Å². The molecule has 0 spiro atoms. The fourth-order valence-electron chi connectivity index (χ4n) is 9.38. The van der Waals surface area contributed by atoms with Gasteiger partial charge in [0.15, 0.2) is 0 Å². The lowest BCUT2D eigenvalue weighted by molar-refractivity contribution is -0.0519. The number of hydrogen-bond acceptors (Lipinski definition) is 14. The van der Waals surface area contributed by atoms with Gasteiger partial charge in [0.05, 0.1) is 56.4 Å². The van der Waals surface area contributed by atoms with Gasteiger partial charge in [0.2, 0.25) is 0 Å². The zero-order valence-corrected chi connectivity index (χ0v) is 51.7. The number of aromatic nitrogens is 6. The van der Waals surface area contributed by atoms with Crippen LogP contribution in [0.1, 0.15) is 98.8 Å². The number of aryl methyl sites for hydroxylation is 2. The van der Waals surface area contributed by atoms with Gasteiger partial charge in [-0.1, -0.05) is 39.3 Å². The fourth-order valence-corrected chi connectivity index (χ4v) is 10.9. The summed E-state index contributed by atoms with van der Waals surface area (Å²) in [6, 6.07) is 21.7. The highest BCUT2D eigenvalue weighted by molar-refractivity contribution is 6.76. The Balaban J connectivity index is 0.000000241. The number of nitriles is 2. The molecule has 24 heteroatoms. The second-order valence-electron chi connectivity index (χ2n) is 24.8. The second kappa shape index (κ2) is 25.3. The number of nitrogens with zero attached hydrogens (tertiary/aromatic N) is 8. The van der Waals surface area contributed by atoms with E-state index >= 15 is 0 Å². The maximum atomic E-state index is 13.6. The Morgan fingerprint density at radius 2 is 1.00 bits per heavy atom. The van der Waals surface area contributed by atoms with Gasteiger partial charge in [-0.25, -0.2) is 19.6 Å². The number of carbonyl (C=O) groups excluding carboxylic acids is 2. The van der Waals surface area contributed by atoms with E-state index in [2.05, 4.69) is 61.4 Å². The van der Waals surface area contributed by atoms with E-state index in [1.807, 2.05) is 0 Å². The van der Waals surface area contributed by atoms with Crippen molar-refractivity contribution in [2.75, 3.05) is 13.2 Å². The number of rotatable bonds is 18. The number of carbonyl (C=O) groups is 2. The number of fused-ring (bicyclic) bond motifs is 4. The van der Waals surface area contributed by atoms with Crippen molar-refractivity contribution in [2.45, 2.75) is 157 Å². The fraction of sp³-hybridized carbons (Fsp3) is 0.433. The molecule has 2 N–H and O–H groups in total. The minimum Gasteiger partial charge on any atom is -0.443 e. The summed E-state index contributed by atoms with van der Waals surface area (Å²) in [7, 11) is -2.76. The Labute approximate surface area is 486 Å². The third-order valence-electron chi connectivity index (χ3n) is 13.2. The normalized spacial score (nSPS) is 13.1. The lowest BCUT2D eigenvalue weighted by atomic mass is 9.99. The van der Waals surface area contributed by atoms with E-state index in [0.717, 1.165) is 12.1 Å². The summed E-state index contributed by atoms with van der Waals surface area (Å²) >= 11 is 0. The number of ether oxygens (including phenoxy) is 6. The number of aliphatic hydroxyl groups is 2. The molecule has 8 rings (SSSR count). The summed E-state index contributed by atoms with van der Waals surface area (Å²) in [5.74, 6) is -0.273. The number of imidazole rings is 2. The van der Waals surface area contributed by atoms with Crippen LogP contribution in [0, 0.1) is 36.5 Å². The van der Waals surface area contributed by atoms with Crippen LogP contribution in [0.5, 0.6) is 11.5 Å². The van der Waals surface area contributed by atoms with Crippen LogP contribution in [0.2, 0.25) is 51.4 Å². The molecule has 0 bridgehead atoms. The van der Waals surface area contributed by atoms with E-state index < -0.39 is 65.0 Å². The van der Waals surface area contributed by atoms with Crippen molar-refractivity contribution in [2.24, 2.45) is 0 Å². The van der Waals surface area contributed by atoms with Gasteiger partial charge < -0.3 is 47.8 Å². The largest absolute Gasteiger partial charge is 0.443 e. The maximum absolute atomic E-state index is 13.6. The Morgan fingerprint density at radius 3 is 1.40 bits per heavy atom. The first-order valence-electron chi connectivity index (χ1n) is 27.2.